The van der Waals surface area contributed by atoms with E-state index in [9.17, 15) is 4.79 Å². The second-order valence-corrected chi connectivity index (χ2v) is 5.88. The van der Waals surface area contributed by atoms with Crippen LogP contribution in [-0.4, -0.2) is 19.1 Å². The molecule has 0 unspecified atom stereocenters. The van der Waals surface area contributed by atoms with Crippen molar-refractivity contribution in [3.63, 3.8) is 0 Å². The molecule has 21 heavy (non-hydrogen) atoms. The molecule has 108 valence electrons. The molecule has 0 saturated carbocycles. The minimum atomic E-state index is -0.0946. The number of benzene rings is 2. The van der Waals surface area contributed by atoms with Gasteiger partial charge in [-0.3, -0.25) is 4.79 Å². The quantitative estimate of drug-likeness (QED) is 0.814. The van der Waals surface area contributed by atoms with Crippen LogP contribution in [0.4, 0.5) is 0 Å². The first kappa shape index (κ1) is 14.2. The number of fused-ring (bicyclic) bond motifs is 1. The van der Waals surface area contributed by atoms with Crippen molar-refractivity contribution < 1.29 is 14.3 Å². The predicted molar refractivity (Wildman–Crippen MR) is 87.8 cm³/mol. The van der Waals surface area contributed by atoms with Crippen molar-refractivity contribution in [1.82, 2.24) is 5.32 Å². The summed E-state index contributed by atoms with van der Waals surface area (Å²) in [7, 11) is 0. The number of para-hydroxylation sites is 1. The Kier molecular flexibility index (Phi) is 4.28. The van der Waals surface area contributed by atoms with Crippen LogP contribution in [0, 0.1) is 3.57 Å². The van der Waals surface area contributed by atoms with Crippen LogP contribution in [0.1, 0.15) is 15.9 Å². The molecule has 0 fully saturated rings. The van der Waals surface area contributed by atoms with Gasteiger partial charge in [-0.25, -0.2) is 0 Å². The maximum Gasteiger partial charge on any atom is 0.251 e. The van der Waals surface area contributed by atoms with E-state index in [1.54, 1.807) is 6.07 Å². The minimum absolute atomic E-state index is 0.0946. The van der Waals surface area contributed by atoms with Gasteiger partial charge in [0.25, 0.3) is 5.91 Å². The van der Waals surface area contributed by atoms with Gasteiger partial charge in [-0.15, -0.1) is 0 Å². The van der Waals surface area contributed by atoms with Gasteiger partial charge in [0, 0.05) is 21.2 Å². The van der Waals surface area contributed by atoms with Crippen LogP contribution in [0.3, 0.4) is 0 Å². The molecule has 1 N–H and O–H groups in total. The van der Waals surface area contributed by atoms with Gasteiger partial charge < -0.3 is 14.8 Å². The number of hydrogen-bond donors (Lipinski definition) is 1. The SMILES string of the molecule is O=C(NCc1cccc2c1OCCO2)c1cccc(I)c1. The highest BCUT2D eigenvalue weighted by Crippen LogP contribution is 2.33. The first-order valence-corrected chi connectivity index (χ1v) is 7.73. The third-order valence-corrected chi connectivity index (χ3v) is 3.84. The lowest BCUT2D eigenvalue weighted by Crippen LogP contribution is -2.24. The summed E-state index contributed by atoms with van der Waals surface area (Å²) in [5, 5.41) is 2.91. The van der Waals surface area contributed by atoms with Gasteiger partial charge in [-0.1, -0.05) is 18.2 Å². The molecule has 0 aliphatic carbocycles. The molecule has 0 saturated heterocycles. The zero-order chi connectivity index (χ0) is 14.7. The predicted octanol–water partition coefficient (Wildman–Crippen LogP) is 2.99. The molecule has 0 aromatic heterocycles. The first-order chi connectivity index (χ1) is 10.2. The van der Waals surface area contributed by atoms with Crippen LogP contribution >= 0.6 is 22.6 Å². The average molecular weight is 395 g/mol. The fourth-order valence-electron chi connectivity index (χ4n) is 2.18. The molecule has 0 bridgehead atoms. The van der Waals surface area contributed by atoms with Crippen molar-refractivity contribution in [3.05, 3.63) is 57.2 Å². The molecule has 5 heteroatoms. The fraction of sp³-hybridized carbons (Fsp3) is 0.188. The molecule has 2 aromatic rings. The topological polar surface area (TPSA) is 47.6 Å². The highest BCUT2D eigenvalue weighted by molar-refractivity contribution is 14.1. The van der Waals surface area contributed by atoms with Crippen LogP contribution in [0.15, 0.2) is 42.5 Å². The zero-order valence-electron chi connectivity index (χ0n) is 11.3. The van der Waals surface area contributed by atoms with E-state index in [1.807, 2.05) is 36.4 Å². The van der Waals surface area contributed by atoms with Crippen LogP contribution in [-0.2, 0) is 6.54 Å². The Morgan fingerprint density at radius 3 is 2.81 bits per heavy atom. The average Bonchev–Trinajstić information content (AvgIpc) is 2.52. The maximum atomic E-state index is 12.2. The molecule has 1 amide bonds. The van der Waals surface area contributed by atoms with Crippen molar-refractivity contribution in [3.8, 4) is 11.5 Å². The minimum Gasteiger partial charge on any atom is -0.486 e. The normalized spacial score (nSPS) is 12.8. The van der Waals surface area contributed by atoms with Gasteiger partial charge in [0.05, 0.1) is 0 Å². The number of rotatable bonds is 3. The molecular weight excluding hydrogens is 381 g/mol. The third-order valence-electron chi connectivity index (χ3n) is 3.17. The summed E-state index contributed by atoms with van der Waals surface area (Å²) in [6.45, 7) is 1.51. The van der Waals surface area contributed by atoms with E-state index in [-0.39, 0.29) is 5.91 Å². The van der Waals surface area contributed by atoms with E-state index < -0.39 is 0 Å². The number of carbonyl (C=O) groups excluding carboxylic acids is 1. The summed E-state index contributed by atoms with van der Waals surface area (Å²) in [6.07, 6.45) is 0. The second kappa shape index (κ2) is 6.34. The Bertz CT molecular complexity index is 672. The van der Waals surface area contributed by atoms with Gasteiger partial charge >= 0.3 is 0 Å². The second-order valence-electron chi connectivity index (χ2n) is 4.63. The monoisotopic (exact) mass is 395 g/mol. The molecule has 0 radical (unpaired) electrons. The van der Waals surface area contributed by atoms with Crippen molar-refractivity contribution >= 4 is 28.5 Å². The van der Waals surface area contributed by atoms with E-state index in [2.05, 4.69) is 27.9 Å². The summed E-state index contributed by atoms with van der Waals surface area (Å²) >= 11 is 2.19. The Hall–Kier alpha value is -1.76. The molecule has 4 nitrogen and oxygen atoms in total. The molecule has 1 aliphatic rings. The molecule has 1 heterocycles. The van der Waals surface area contributed by atoms with Crippen molar-refractivity contribution in [1.29, 1.82) is 0 Å². The first-order valence-electron chi connectivity index (χ1n) is 6.65. The van der Waals surface area contributed by atoms with Crippen LogP contribution in [0.2, 0.25) is 0 Å². The Balaban J connectivity index is 1.72. The van der Waals surface area contributed by atoms with Crippen molar-refractivity contribution in [2.75, 3.05) is 13.2 Å². The molecule has 0 atom stereocenters. The lowest BCUT2D eigenvalue weighted by Gasteiger charge is -2.21. The lowest BCUT2D eigenvalue weighted by molar-refractivity contribution is 0.0950. The molecule has 3 rings (SSSR count). The number of carbonyl (C=O) groups is 1. The number of amides is 1. The van der Waals surface area contributed by atoms with Crippen LogP contribution in [0.25, 0.3) is 0 Å². The maximum absolute atomic E-state index is 12.2. The van der Waals surface area contributed by atoms with Gasteiger partial charge in [-0.05, 0) is 46.9 Å². The van der Waals surface area contributed by atoms with E-state index in [0.717, 1.165) is 20.6 Å². The molecule has 0 spiro atoms. The third kappa shape index (κ3) is 3.29. The Morgan fingerprint density at radius 2 is 1.95 bits per heavy atom. The molecule has 2 aromatic carbocycles. The van der Waals surface area contributed by atoms with Crippen LogP contribution < -0.4 is 14.8 Å². The number of ether oxygens (including phenoxy) is 2. The highest BCUT2D eigenvalue weighted by Gasteiger charge is 2.16. The summed E-state index contributed by atoms with van der Waals surface area (Å²) in [5.41, 5.74) is 1.58. The van der Waals surface area contributed by atoms with Crippen molar-refractivity contribution in [2.24, 2.45) is 0 Å². The van der Waals surface area contributed by atoms with Gasteiger partial charge in [0.15, 0.2) is 11.5 Å². The van der Waals surface area contributed by atoms with E-state index in [0.29, 0.717) is 25.3 Å². The zero-order valence-corrected chi connectivity index (χ0v) is 13.4. The summed E-state index contributed by atoms with van der Waals surface area (Å²) in [5.74, 6) is 1.37. The number of hydrogen-bond acceptors (Lipinski definition) is 3. The van der Waals surface area contributed by atoms with Crippen LogP contribution in [0.5, 0.6) is 11.5 Å². The fourth-order valence-corrected chi connectivity index (χ4v) is 2.72. The smallest absolute Gasteiger partial charge is 0.251 e. The van der Waals surface area contributed by atoms with E-state index in [4.69, 9.17) is 9.47 Å². The van der Waals surface area contributed by atoms with E-state index in [1.165, 1.54) is 0 Å². The van der Waals surface area contributed by atoms with Gasteiger partial charge in [-0.2, -0.15) is 0 Å². The Labute approximate surface area is 136 Å². The largest absolute Gasteiger partial charge is 0.486 e. The van der Waals surface area contributed by atoms with Gasteiger partial charge in [0.2, 0.25) is 0 Å². The van der Waals surface area contributed by atoms with Gasteiger partial charge in [0.1, 0.15) is 13.2 Å². The molecular formula is C16H14INO3. The number of halogens is 1. The lowest BCUT2D eigenvalue weighted by atomic mass is 10.1. The molecule has 1 aliphatic heterocycles. The summed E-state index contributed by atoms with van der Waals surface area (Å²) in [4.78, 5) is 12.2. The Morgan fingerprint density at radius 1 is 1.14 bits per heavy atom. The summed E-state index contributed by atoms with van der Waals surface area (Å²) < 4.78 is 12.2. The standard InChI is InChI=1S/C16H14INO3/c17-13-5-1-3-11(9-13)16(19)18-10-12-4-2-6-14-15(12)21-8-7-20-14/h1-6,9H,7-8,10H2,(H,18,19). The summed E-state index contributed by atoms with van der Waals surface area (Å²) in [6, 6.07) is 13.2. The highest BCUT2D eigenvalue weighted by atomic mass is 127. The number of nitrogens with one attached hydrogen (secondary N) is 1. The van der Waals surface area contributed by atoms with Crippen molar-refractivity contribution in [2.45, 2.75) is 6.54 Å². The van der Waals surface area contributed by atoms with E-state index >= 15 is 0 Å².